The van der Waals surface area contributed by atoms with Crippen LogP contribution in [0.15, 0.2) is 0 Å². The molecule has 1 saturated carbocycles. The van der Waals surface area contributed by atoms with Gasteiger partial charge in [-0.25, -0.2) is 0 Å². The average molecular weight is 254 g/mol. The van der Waals surface area contributed by atoms with Gasteiger partial charge in [0.2, 0.25) is 5.13 Å². The maximum absolute atomic E-state index is 5.64. The van der Waals surface area contributed by atoms with E-state index in [2.05, 4.69) is 28.9 Å². The summed E-state index contributed by atoms with van der Waals surface area (Å²) in [7, 11) is 0. The van der Waals surface area contributed by atoms with Crippen LogP contribution in [0.5, 0.6) is 0 Å². The minimum Gasteiger partial charge on any atom is -0.374 e. The highest BCUT2D eigenvalue weighted by molar-refractivity contribution is 7.15. The van der Waals surface area contributed by atoms with Crippen molar-refractivity contribution in [2.45, 2.75) is 52.1 Å². The average Bonchev–Trinajstić information content (AvgIpc) is 2.87. The Balaban J connectivity index is 1.99. The second-order valence-electron chi connectivity index (χ2n) is 5.30. The molecule has 1 aromatic rings. The Morgan fingerprint density at radius 1 is 1.35 bits per heavy atom. The summed E-state index contributed by atoms with van der Waals surface area (Å²) < 4.78 is 0. The standard InChI is InChI=1S/C12H22N4S/c1-9(2)7-16(10-5-3-4-6-10)8-11-14-15-12(13)17-11/h9-10H,3-8H2,1-2H3,(H2,13,15). The molecule has 5 heteroatoms. The summed E-state index contributed by atoms with van der Waals surface area (Å²) in [5.74, 6) is 0.695. The summed E-state index contributed by atoms with van der Waals surface area (Å²) in [6.45, 7) is 6.61. The van der Waals surface area contributed by atoms with Crippen molar-refractivity contribution >= 4 is 16.5 Å². The van der Waals surface area contributed by atoms with Gasteiger partial charge in [0, 0.05) is 12.6 Å². The van der Waals surface area contributed by atoms with Gasteiger partial charge in [-0.1, -0.05) is 38.0 Å². The molecule has 0 unspecified atom stereocenters. The first-order valence-electron chi connectivity index (χ1n) is 6.47. The van der Waals surface area contributed by atoms with E-state index in [0.29, 0.717) is 11.0 Å². The lowest BCUT2D eigenvalue weighted by atomic mass is 10.1. The summed E-state index contributed by atoms with van der Waals surface area (Å²) in [6, 6.07) is 0.738. The van der Waals surface area contributed by atoms with Gasteiger partial charge < -0.3 is 5.73 Å². The normalized spacial score (nSPS) is 17.4. The molecule has 1 aliphatic carbocycles. The Morgan fingerprint density at radius 3 is 2.59 bits per heavy atom. The molecule has 0 aromatic carbocycles. The largest absolute Gasteiger partial charge is 0.374 e. The lowest BCUT2D eigenvalue weighted by molar-refractivity contribution is 0.168. The molecule has 17 heavy (non-hydrogen) atoms. The smallest absolute Gasteiger partial charge is 0.203 e. The van der Waals surface area contributed by atoms with Crippen LogP contribution in [0.1, 0.15) is 44.5 Å². The highest BCUT2D eigenvalue weighted by Crippen LogP contribution is 2.26. The van der Waals surface area contributed by atoms with Crippen molar-refractivity contribution in [2.75, 3.05) is 12.3 Å². The number of nitrogens with two attached hydrogens (primary N) is 1. The van der Waals surface area contributed by atoms with E-state index in [-0.39, 0.29) is 0 Å². The molecule has 0 atom stereocenters. The number of aromatic nitrogens is 2. The lowest BCUT2D eigenvalue weighted by Crippen LogP contribution is -2.35. The van der Waals surface area contributed by atoms with Crippen molar-refractivity contribution < 1.29 is 0 Å². The van der Waals surface area contributed by atoms with Gasteiger partial charge in [-0.2, -0.15) is 0 Å². The van der Waals surface area contributed by atoms with E-state index in [4.69, 9.17) is 5.73 Å². The van der Waals surface area contributed by atoms with E-state index in [1.807, 2.05) is 0 Å². The summed E-state index contributed by atoms with van der Waals surface area (Å²) in [5, 5.41) is 9.66. The SMILES string of the molecule is CC(C)CN(Cc1nnc(N)s1)C1CCCC1. The first-order chi connectivity index (χ1) is 8.15. The van der Waals surface area contributed by atoms with E-state index in [1.54, 1.807) is 0 Å². The third-order valence-electron chi connectivity index (χ3n) is 3.26. The van der Waals surface area contributed by atoms with Crippen LogP contribution in [0.25, 0.3) is 0 Å². The molecule has 0 bridgehead atoms. The third kappa shape index (κ3) is 3.64. The van der Waals surface area contributed by atoms with E-state index < -0.39 is 0 Å². The second-order valence-corrected chi connectivity index (χ2v) is 6.39. The predicted octanol–water partition coefficient (Wildman–Crippen LogP) is 2.52. The molecule has 4 nitrogen and oxygen atoms in total. The van der Waals surface area contributed by atoms with Gasteiger partial charge in [-0.3, -0.25) is 4.90 Å². The van der Waals surface area contributed by atoms with Crippen molar-refractivity contribution in [2.24, 2.45) is 5.92 Å². The Labute approximate surface area is 107 Å². The van der Waals surface area contributed by atoms with Gasteiger partial charge in [0.05, 0.1) is 6.54 Å². The molecule has 96 valence electrons. The van der Waals surface area contributed by atoms with E-state index in [1.165, 1.54) is 37.0 Å². The van der Waals surface area contributed by atoms with E-state index in [9.17, 15) is 0 Å². The van der Waals surface area contributed by atoms with Gasteiger partial charge in [0.25, 0.3) is 0 Å². The van der Waals surface area contributed by atoms with Crippen LogP contribution in [0, 0.1) is 5.92 Å². The van der Waals surface area contributed by atoms with Gasteiger partial charge in [-0.05, 0) is 18.8 Å². The zero-order valence-corrected chi connectivity index (χ0v) is 11.5. The number of anilines is 1. The first kappa shape index (κ1) is 12.8. The number of rotatable bonds is 5. The maximum atomic E-state index is 5.64. The van der Waals surface area contributed by atoms with Crippen LogP contribution in [0.4, 0.5) is 5.13 Å². The molecule has 1 heterocycles. The molecule has 2 rings (SSSR count). The minimum absolute atomic E-state index is 0.580. The Kier molecular flexibility index (Phi) is 4.34. The highest BCUT2D eigenvalue weighted by Gasteiger charge is 2.24. The van der Waals surface area contributed by atoms with Crippen molar-refractivity contribution in [3.05, 3.63) is 5.01 Å². The molecule has 0 aliphatic heterocycles. The van der Waals surface area contributed by atoms with Crippen LogP contribution < -0.4 is 5.73 Å². The lowest BCUT2D eigenvalue weighted by Gasteiger charge is -2.29. The fourth-order valence-corrected chi connectivity index (χ4v) is 3.22. The van der Waals surface area contributed by atoms with E-state index >= 15 is 0 Å². The minimum atomic E-state index is 0.580. The monoisotopic (exact) mass is 254 g/mol. The Morgan fingerprint density at radius 2 is 2.06 bits per heavy atom. The first-order valence-corrected chi connectivity index (χ1v) is 7.28. The fraction of sp³-hybridized carbons (Fsp3) is 0.833. The summed E-state index contributed by atoms with van der Waals surface area (Å²) in [6.07, 6.45) is 5.41. The fourth-order valence-electron chi connectivity index (χ4n) is 2.59. The van der Waals surface area contributed by atoms with Crippen molar-refractivity contribution in [1.29, 1.82) is 0 Å². The molecule has 1 aromatic heterocycles. The molecule has 2 N–H and O–H groups in total. The summed E-state index contributed by atoms with van der Waals surface area (Å²) in [5.41, 5.74) is 5.64. The molecule has 0 amide bonds. The van der Waals surface area contributed by atoms with E-state index in [0.717, 1.165) is 24.1 Å². The van der Waals surface area contributed by atoms with Crippen LogP contribution in [0.3, 0.4) is 0 Å². The van der Waals surface area contributed by atoms with Crippen LogP contribution in [-0.2, 0) is 6.54 Å². The summed E-state index contributed by atoms with van der Waals surface area (Å²) >= 11 is 1.52. The number of hydrogen-bond donors (Lipinski definition) is 1. The molecular formula is C12H22N4S. The third-order valence-corrected chi connectivity index (χ3v) is 4.00. The van der Waals surface area contributed by atoms with Gasteiger partial charge >= 0.3 is 0 Å². The van der Waals surface area contributed by atoms with Crippen molar-refractivity contribution in [3.63, 3.8) is 0 Å². The number of nitrogen functional groups attached to an aromatic ring is 1. The molecule has 0 spiro atoms. The molecule has 0 saturated heterocycles. The highest BCUT2D eigenvalue weighted by atomic mass is 32.1. The Bertz CT molecular complexity index is 344. The molecular weight excluding hydrogens is 232 g/mol. The van der Waals surface area contributed by atoms with Gasteiger partial charge in [-0.15, -0.1) is 10.2 Å². The van der Waals surface area contributed by atoms with Gasteiger partial charge in [0.15, 0.2) is 0 Å². The number of hydrogen-bond acceptors (Lipinski definition) is 5. The topological polar surface area (TPSA) is 55.0 Å². The molecule has 1 aliphatic rings. The summed E-state index contributed by atoms with van der Waals surface area (Å²) in [4.78, 5) is 2.57. The second kappa shape index (κ2) is 5.78. The molecule has 0 radical (unpaired) electrons. The zero-order chi connectivity index (χ0) is 12.3. The van der Waals surface area contributed by atoms with Crippen LogP contribution >= 0.6 is 11.3 Å². The van der Waals surface area contributed by atoms with Crippen LogP contribution in [0.2, 0.25) is 0 Å². The molecule has 1 fully saturated rings. The zero-order valence-electron chi connectivity index (χ0n) is 10.7. The predicted molar refractivity (Wildman–Crippen MR) is 71.8 cm³/mol. The number of nitrogens with zero attached hydrogens (tertiary/aromatic N) is 3. The van der Waals surface area contributed by atoms with Crippen molar-refractivity contribution in [3.8, 4) is 0 Å². The van der Waals surface area contributed by atoms with Crippen molar-refractivity contribution in [1.82, 2.24) is 15.1 Å². The quantitative estimate of drug-likeness (QED) is 0.877. The Hall–Kier alpha value is -0.680. The maximum Gasteiger partial charge on any atom is 0.203 e. The van der Waals surface area contributed by atoms with Crippen LogP contribution in [-0.4, -0.2) is 27.7 Å². The van der Waals surface area contributed by atoms with Gasteiger partial charge in [0.1, 0.15) is 5.01 Å².